The average molecular weight is 355 g/mol. The van der Waals surface area contributed by atoms with Crippen molar-refractivity contribution in [2.75, 3.05) is 13.1 Å². The summed E-state index contributed by atoms with van der Waals surface area (Å²) < 4.78 is 1.87. The molecule has 3 rings (SSSR count). The van der Waals surface area contributed by atoms with E-state index in [-0.39, 0.29) is 24.4 Å². The minimum atomic E-state index is -0.0432. The van der Waals surface area contributed by atoms with Gasteiger partial charge in [-0.3, -0.25) is 14.6 Å². The van der Waals surface area contributed by atoms with E-state index in [4.69, 9.17) is 0 Å². The van der Waals surface area contributed by atoms with E-state index >= 15 is 0 Å². The number of aromatic nitrogens is 3. The molecule has 1 fully saturated rings. The van der Waals surface area contributed by atoms with E-state index in [1.165, 1.54) is 0 Å². The Balaban J connectivity index is 1.60. The van der Waals surface area contributed by atoms with Gasteiger partial charge in [-0.25, -0.2) is 4.98 Å². The Morgan fingerprint density at radius 1 is 1.31 bits per heavy atom. The molecule has 1 N–H and O–H groups in total. The Bertz CT molecular complexity index is 743. The van der Waals surface area contributed by atoms with Gasteiger partial charge < -0.3 is 14.8 Å². The lowest BCUT2D eigenvalue weighted by Gasteiger charge is -2.25. The molecule has 0 aliphatic carbocycles. The SMILES string of the molecule is CCc1nccn1CC(=O)N[C@H]1CCCCN(C(=O)c2cccnc2)C1. The smallest absolute Gasteiger partial charge is 0.255 e. The van der Waals surface area contributed by atoms with Crippen molar-refractivity contribution in [2.45, 2.75) is 45.2 Å². The van der Waals surface area contributed by atoms with Gasteiger partial charge in [0.2, 0.25) is 5.91 Å². The van der Waals surface area contributed by atoms with Crippen molar-refractivity contribution in [2.24, 2.45) is 0 Å². The number of rotatable bonds is 5. The average Bonchev–Trinajstić information content (AvgIpc) is 2.97. The van der Waals surface area contributed by atoms with E-state index < -0.39 is 0 Å². The number of nitrogens with one attached hydrogen (secondary N) is 1. The van der Waals surface area contributed by atoms with Crippen LogP contribution in [0.4, 0.5) is 0 Å². The van der Waals surface area contributed by atoms with Crippen LogP contribution in [0.5, 0.6) is 0 Å². The molecule has 2 aromatic heterocycles. The van der Waals surface area contributed by atoms with Crippen LogP contribution in [0.25, 0.3) is 0 Å². The van der Waals surface area contributed by atoms with Crippen molar-refractivity contribution >= 4 is 11.8 Å². The van der Waals surface area contributed by atoms with Crippen molar-refractivity contribution in [3.8, 4) is 0 Å². The minimum Gasteiger partial charge on any atom is -0.350 e. The number of nitrogens with zero attached hydrogens (tertiary/aromatic N) is 4. The molecule has 1 aliphatic rings. The Kier molecular flexibility index (Phi) is 5.99. The lowest BCUT2D eigenvalue weighted by molar-refractivity contribution is -0.122. The van der Waals surface area contributed by atoms with E-state index in [1.54, 1.807) is 30.7 Å². The van der Waals surface area contributed by atoms with Gasteiger partial charge in [0.05, 0.1) is 5.56 Å². The van der Waals surface area contributed by atoms with E-state index in [0.717, 1.165) is 31.5 Å². The molecule has 3 heterocycles. The van der Waals surface area contributed by atoms with Gasteiger partial charge in [0.15, 0.2) is 0 Å². The van der Waals surface area contributed by atoms with E-state index in [9.17, 15) is 9.59 Å². The number of hydrogen-bond acceptors (Lipinski definition) is 4. The summed E-state index contributed by atoms with van der Waals surface area (Å²) >= 11 is 0. The van der Waals surface area contributed by atoms with E-state index in [0.29, 0.717) is 18.7 Å². The highest BCUT2D eigenvalue weighted by Crippen LogP contribution is 2.14. The molecule has 0 aromatic carbocycles. The Morgan fingerprint density at radius 3 is 2.96 bits per heavy atom. The second-order valence-electron chi connectivity index (χ2n) is 6.58. The van der Waals surface area contributed by atoms with Crippen LogP contribution in [-0.2, 0) is 17.8 Å². The van der Waals surface area contributed by atoms with Crippen LogP contribution in [-0.4, -0.2) is 50.4 Å². The van der Waals surface area contributed by atoms with Crippen molar-refractivity contribution in [1.82, 2.24) is 24.8 Å². The van der Waals surface area contributed by atoms with E-state index in [1.807, 2.05) is 22.6 Å². The van der Waals surface area contributed by atoms with Crippen molar-refractivity contribution in [1.29, 1.82) is 0 Å². The predicted octanol–water partition coefficient (Wildman–Crippen LogP) is 1.65. The molecular weight excluding hydrogens is 330 g/mol. The lowest BCUT2D eigenvalue weighted by Crippen LogP contribution is -2.45. The molecule has 0 radical (unpaired) electrons. The maximum absolute atomic E-state index is 12.7. The number of carbonyl (C=O) groups is 2. The summed E-state index contributed by atoms with van der Waals surface area (Å²) in [5, 5.41) is 3.09. The van der Waals surface area contributed by atoms with Crippen LogP contribution in [0.3, 0.4) is 0 Å². The number of carbonyl (C=O) groups excluding carboxylic acids is 2. The lowest BCUT2D eigenvalue weighted by atomic mass is 10.1. The summed E-state index contributed by atoms with van der Waals surface area (Å²) in [6, 6.07) is 3.51. The first-order valence-corrected chi connectivity index (χ1v) is 9.16. The van der Waals surface area contributed by atoms with Crippen molar-refractivity contribution in [3.05, 3.63) is 48.3 Å². The van der Waals surface area contributed by atoms with Crippen LogP contribution in [0.15, 0.2) is 36.9 Å². The molecular formula is C19H25N5O2. The van der Waals surface area contributed by atoms with Crippen molar-refractivity contribution < 1.29 is 9.59 Å². The quantitative estimate of drug-likeness (QED) is 0.884. The topological polar surface area (TPSA) is 80.1 Å². The minimum absolute atomic E-state index is 0.0258. The van der Waals surface area contributed by atoms with Crippen LogP contribution in [0.2, 0.25) is 0 Å². The summed E-state index contributed by atoms with van der Waals surface area (Å²) in [4.78, 5) is 35.2. The van der Waals surface area contributed by atoms with Gasteiger partial charge in [0.25, 0.3) is 5.91 Å². The van der Waals surface area contributed by atoms with Gasteiger partial charge in [0, 0.05) is 50.3 Å². The predicted molar refractivity (Wildman–Crippen MR) is 97.5 cm³/mol. The normalized spacial score (nSPS) is 17.6. The second kappa shape index (κ2) is 8.60. The number of amides is 2. The number of hydrogen-bond donors (Lipinski definition) is 1. The zero-order valence-electron chi connectivity index (χ0n) is 15.1. The third-order valence-electron chi connectivity index (χ3n) is 4.66. The molecule has 7 heteroatoms. The van der Waals surface area contributed by atoms with Crippen molar-refractivity contribution in [3.63, 3.8) is 0 Å². The van der Waals surface area contributed by atoms with Gasteiger partial charge in [-0.05, 0) is 31.4 Å². The Labute approximate surface area is 153 Å². The largest absolute Gasteiger partial charge is 0.350 e. The zero-order chi connectivity index (χ0) is 18.4. The van der Waals surface area contributed by atoms with E-state index in [2.05, 4.69) is 15.3 Å². The molecule has 7 nitrogen and oxygen atoms in total. The maximum Gasteiger partial charge on any atom is 0.255 e. The monoisotopic (exact) mass is 355 g/mol. The zero-order valence-corrected chi connectivity index (χ0v) is 15.1. The number of imidazole rings is 1. The molecule has 0 bridgehead atoms. The first-order chi connectivity index (χ1) is 12.7. The maximum atomic E-state index is 12.7. The summed E-state index contributed by atoms with van der Waals surface area (Å²) in [5.41, 5.74) is 0.588. The summed E-state index contributed by atoms with van der Waals surface area (Å²) in [6.45, 7) is 3.52. The van der Waals surface area contributed by atoms with Crippen LogP contribution in [0.1, 0.15) is 42.4 Å². The molecule has 1 aliphatic heterocycles. The van der Waals surface area contributed by atoms with Gasteiger partial charge in [-0.2, -0.15) is 0 Å². The fourth-order valence-corrected chi connectivity index (χ4v) is 3.34. The molecule has 2 amide bonds. The standard InChI is InChI=1S/C19H25N5O2/c1-2-17-21-9-11-23(17)14-18(25)22-16-7-3-4-10-24(13-16)19(26)15-6-5-8-20-12-15/h5-6,8-9,11-12,16H,2-4,7,10,13-14H2,1H3,(H,22,25)/t16-/m0/s1. The molecule has 0 spiro atoms. The van der Waals surface area contributed by atoms with Crippen LogP contribution < -0.4 is 5.32 Å². The molecule has 0 saturated carbocycles. The highest BCUT2D eigenvalue weighted by atomic mass is 16.2. The summed E-state index contributed by atoms with van der Waals surface area (Å²) in [6.07, 6.45) is 10.4. The fraction of sp³-hybridized carbons (Fsp3) is 0.474. The number of pyridine rings is 1. The first-order valence-electron chi connectivity index (χ1n) is 9.16. The second-order valence-corrected chi connectivity index (χ2v) is 6.58. The summed E-state index contributed by atoms with van der Waals surface area (Å²) in [7, 11) is 0. The highest BCUT2D eigenvalue weighted by molar-refractivity contribution is 5.94. The van der Waals surface area contributed by atoms with Crippen LogP contribution >= 0.6 is 0 Å². The van der Waals surface area contributed by atoms with Crippen LogP contribution in [0, 0.1) is 0 Å². The Hall–Kier alpha value is -2.70. The number of likely N-dealkylation sites (tertiary alicyclic amines) is 1. The fourth-order valence-electron chi connectivity index (χ4n) is 3.34. The first kappa shape index (κ1) is 18.1. The molecule has 138 valence electrons. The van der Waals surface area contributed by atoms with Gasteiger partial charge in [-0.1, -0.05) is 6.92 Å². The van der Waals surface area contributed by atoms with Gasteiger partial charge in [-0.15, -0.1) is 0 Å². The highest BCUT2D eigenvalue weighted by Gasteiger charge is 2.24. The molecule has 26 heavy (non-hydrogen) atoms. The molecule has 2 aromatic rings. The van der Waals surface area contributed by atoms with Gasteiger partial charge >= 0.3 is 0 Å². The third kappa shape index (κ3) is 4.47. The molecule has 1 atom stereocenters. The third-order valence-corrected chi connectivity index (χ3v) is 4.66. The summed E-state index contributed by atoms with van der Waals surface area (Å²) in [5.74, 6) is 0.829. The molecule has 1 saturated heterocycles. The Morgan fingerprint density at radius 2 is 2.19 bits per heavy atom. The number of aryl methyl sites for hydroxylation is 1. The van der Waals surface area contributed by atoms with Gasteiger partial charge in [0.1, 0.15) is 12.4 Å². The molecule has 0 unspecified atom stereocenters.